The normalized spacial score (nSPS) is 14.6. The maximum absolute atomic E-state index is 16.6. The van der Waals surface area contributed by atoms with Gasteiger partial charge in [0, 0.05) is 60.8 Å². The van der Waals surface area contributed by atoms with Gasteiger partial charge in [0.2, 0.25) is 0 Å². The van der Waals surface area contributed by atoms with E-state index in [0.717, 1.165) is 105 Å². The molecule has 61 heavy (non-hydrogen) atoms. The average Bonchev–Trinajstić information content (AvgIpc) is 3.71. The van der Waals surface area contributed by atoms with Gasteiger partial charge < -0.3 is 13.9 Å². The molecule has 0 spiro atoms. The molecule has 4 heterocycles. The van der Waals surface area contributed by atoms with Gasteiger partial charge in [-0.05, 0) is 77.4 Å². The quantitative estimate of drug-likeness (QED) is 0.124. The van der Waals surface area contributed by atoms with Crippen molar-refractivity contribution in [3.05, 3.63) is 229 Å². The van der Waals surface area contributed by atoms with Crippen molar-refractivity contribution in [2.75, 3.05) is 4.90 Å². The fraction of sp³-hybridized carbons (Fsp3) is 0.0182. The van der Waals surface area contributed by atoms with Gasteiger partial charge in [0.25, 0.3) is 0 Å². The number of hydrogen-bond acceptors (Lipinski definition) is 5. The first-order chi connectivity index (χ1) is 30.1. The number of aromatic nitrogens is 2. The Morgan fingerprint density at radius 2 is 1.18 bits per heavy atom. The molecule has 1 aliphatic rings. The summed E-state index contributed by atoms with van der Waals surface area (Å²) >= 11 is 0. The summed E-state index contributed by atoms with van der Waals surface area (Å²) in [7, 11) is -3.52. The van der Waals surface area contributed by atoms with Crippen LogP contribution >= 0.6 is 7.14 Å². The van der Waals surface area contributed by atoms with Gasteiger partial charge in [-0.15, -0.1) is 0 Å². The number of pyridine rings is 2. The third-order valence-electron chi connectivity index (χ3n) is 12.2. The van der Waals surface area contributed by atoms with Crippen LogP contribution < -0.4 is 20.8 Å². The summed E-state index contributed by atoms with van der Waals surface area (Å²) in [5.41, 5.74) is 11.6. The predicted octanol–water partition coefficient (Wildman–Crippen LogP) is 13.0. The minimum atomic E-state index is -3.52. The average molecular weight is 802 g/mol. The molecule has 12 rings (SSSR count). The summed E-state index contributed by atoms with van der Waals surface area (Å²) in [6.07, 6.45) is 1.83. The molecule has 1 aliphatic heterocycles. The van der Waals surface area contributed by atoms with Crippen LogP contribution in [0.2, 0.25) is 0 Å². The minimum absolute atomic E-state index is 0.249. The zero-order chi connectivity index (χ0) is 40.5. The molecule has 0 N–H and O–H groups in total. The van der Waals surface area contributed by atoms with Crippen LogP contribution in [0.15, 0.2) is 217 Å². The lowest BCUT2D eigenvalue weighted by molar-refractivity contribution is 0.592. The highest BCUT2D eigenvalue weighted by Gasteiger charge is 2.39. The highest BCUT2D eigenvalue weighted by molar-refractivity contribution is 7.85. The zero-order valence-electron chi connectivity index (χ0n) is 32.9. The Morgan fingerprint density at radius 3 is 2.05 bits per heavy atom. The van der Waals surface area contributed by atoms with Crippen molar-refractivity contribution in [1.82, 2.24) is 9.97 Å². The summed E-state index contributed by atoms with van der Waals surface area (Å²) in [5.74, 6) is -0.249. The summed E-state index contributed by atoms with van der Waals surface area (Å²) in [6, 6.07) is 70.8. The van der Waals surface area contributed by atoms with Gasteiger partial charge in [-0.3, -0.25) is 4.98 Å². The van der Waals surface area contributed by atoms with Crippen LogP contribution in [0.3, 0.4) is 0 Å². The van der Waals surface area contributed by atoms with Crippen molar-refractivity contribution >= 4 is 83.9 Å². The second kappa shape index (κ2) is 14.0. The largest absolute Gasteiger partial charge is 0.456 e. The molecular weight excluding hydrogens is 766 g/mol. The molecule has 5 nitrogen and oxygen atoms in total. The third kappa shape index (κ3) is 5.59. The van der Waals surface area contributed by atoms with Crippen LogP contribution in [0.25, 0.3) is 55.0 Å². The van der Waals surface area contributed by atoms with Crippen LogP contribution in [0, 0.1) is 0 Å². The molecule has 6 heteroatoms. The summed E-state index contributed by atoms with van der Waals surface area (Å²) in [4.78, 5) is 12.4. The standard InChI is InChI=1S/C55H36N3O2P/c59-61(40-17-5-2-6-18-40,41-29-31-43-42-19-8-11-23-50(42)60-51(43)35-41)52-24-12-9-21-46(52)53-44-20-7-10-22-48(44)58(39-15-3-1-4-16-39)49-34-38(27-30-45(49)53)47-32-28-37-26-25-36-14-13-33-56-54(36)55(37)57-47/h1-35,53H. The van der Waals surface area contributed by atoms with Crippen molar-refractivity contribution in [2.24, 2.45) is 0 Å². The van der Waals surface area contributed by atoms with Gasteiger partial charge in [-0.1, -0.05) is 146 Å². The number of nitrogens with zero attached hydrogens (tertiary/aromatic N) is 3. The fourth-order valence-electron chi connectivity index (χ4n) is 9.44. The smallest absolute Gasteiger partial charge is 0.171 e. The van der Waals surface area contributed by atoms with Gasteiger partial charge in [0.15, 0.2) is 7.14 Å². The van der Waals surface area contributed by atoms with Crippen LogP contribution in [0.4, 0.5) is 17.1 Å². The zero-order valence-corrected chi connectivity index (χ0v) is 33.8. The number of para-hydroxylation sites is 3. The Labute approximate surface area is 352 Å². The first-order valence-electron chi connectivity index (χ1n) is 20.5. The van der Waals surface area contributed by atoms with Gasteiger partial charge in [0.1, 0.15) is 11.2 Å². The van der Waals surface area contributed by atoms with E-state index in [-0.39, 0.29) is 5.92 Å². The van der Waals surface area contributed by atoms with Crippen LogP contribution in [-0.4, -0.2) is 9.97 Å². The lowest BCUT2D eigenvalue weighted by Gasteiger charge is -2.39. The SMILES string of the molecule is O=P(c1ccccc1)(c1ccc2c(c1)oc1ccccc12)c1ccccc1C1c2ccccc2N(c2ccccc2)c2cc(-c3ccc4ccc5cccnc5c4n3)ccc21. The molecular formula is C55H36N3O2P. The lowest BCUT2D eigenvalue weighted by atomic mass is 9.79. The monoisotopic (exact) mass is 801 g/mol. The highest BCUT2D eigenvalue weighted by atomic mass is 31.2. The molecule has 0 saturated carbocycles. The summed E-state index contributed by atoms with van der Waals surface area (Å²) < 4.78 is 23.0. The van der Waals surface area contributed by atoms with Crippen LogP contribution in [0.1, 0.15) is 22.6 Å². The number of rotatable bonds is 6. The molecule has 0 radical (unpaired) electrons. The van der Waals surface area contributed by atoms with E-state index in [1.54, 1.807) is 0 Å². The van der Waals surface area contributed by atoms with E-state index < -0.39 is 7.14 Å². The molecule has 8 aromatic carbocycles. The van der Waals surface area contributed by atoms with E-state index in [9.17, 15) is 0 Å². The van der Waals surface area contributed by atoms with Crippen molar-refractivity contribution < 1.29 is 8.98 Å². The second-order valence-corrected chi connectivity index (χ2v) is 18.4. The van der Waals surface area contributed by atoms with E-state index in [0.29, 0.717) is 0 Å². The third-order valence-corrected chi connectivity index (χ3v) is 15.4. The van der Waals surface area contributed by atoms with Gasteiger partial charge in [0.05, 0.1) is 28.1 Å². The maximum Gasteiger partial charge on any atom is 0.171 e. The van der Waals surface area contributed by atoms with Crippen molar-refractivity contribution in [2.45, 2.75) is 5.92 Å². The Morgan fingerprint density at radius 1 is 0.492 bits per heavy atom. The number of hydrogen-bond donors (Lipinski definition) is 0. The van der Waals surface area contributed by atoms with Crippen LogP contribution in [-0.2, 0) is 4.57 Å². The number of furan rings is 1. The maximum atomic E-state index is 16.6. The number of fused-ring (bicyclic) bond motifs is 8. The van der Waals surface area contributed by atoms with Gasteiger partial charge in [-0.25, -0.2) is 4.98 Å². The number of benzene rings is 8. The fourth-order valence-corrected chi connectivity index (χ4v) is 12.3. The molecule has 2 atom stereocenters. The van der Waals surface area contributed by atoms with E-state index in [1.807, 2.05) is 79.0 Å². The van der Waals surface area contributed by atoms with Crippen molar-refractivity contribution in [3.63, 3.8) is 0 Å². The van der Waals surface area contributed by atoms with Crippen molar-refractivity contribution in [1.29, 1.82) is 0 Å². The van der Waals surface area contributed by atoms with Crippen LogP contribution in [0.5, 0.6) is 0 Å². The van der Waals surface area contributed by atoms with Gasteiger partial charge >= 0.3 is 0 Å². The molecule has 2 unspecified atom stereocenters. The Balaban J connectivity index is 1.09. The molecule has 0 aliphatic carbocycles. The summed E-state index contributed by atoms with van der Waals surface area (Å²) in [6.45, 7) is 0. The Bertz CT molecular complexity index is 3550. The highest BCUT2D eigenvalue weighted by Crippen LogP contribution is 2.54. The number of anilines is 3. The van der Waals surface area contributed by atoms with Crippen molar-refractivity contribution in [3.8, 4) is 11.3 Å². The Hall–Kier alpha value is -7.59. The van der Waals surface area contributed by atoms with E-state index >= 15 is 4.57 Å². The summed E-state index contributed by atoms with van der Waals surface area (Å²) in [5, 5.41) is 6.46. The lowest BCUT2D eigenvalue weighted by Crippen LogP contribution is -2.30. The molecule has 3 aromatic heterocycles. The van der Waals surface area contributed by atoms with E-state index in [1.165, 1.54) is 0 Å². The molecule has 0 saturated heterocycles. The Kier molecular flexibility index (Phi) is 8.13. The second-order valence-electron chi connectivity index (χ2n) is 15.6. The predicted molar refractivity (Wildman–Crippen MR) is 251 cm³/mol. The first kappa shape index (κ1) is 35.4. The topological polar surface area (TPSA) is 59.2 Å². The first-order valence-corrected chi connectivity index (χ1v) is 22.2. The molecule has 11 aromatic rings. The van der Waals surface area contributed by atoms with E-state index in [4.69, 9.17) is 14.4 Å². The minimum Gasteiger partial charge on any atom is -0.456 e. The molecule has 0 fully saturated rings. The molecule has 0 bridgehead atoms. The van der Waals surface area contributed by atoms with Gasteiger partial charge in [-0.2, -0.15) is 0 Å². The molecule has 0 amide bonds. The van der Waals surface area contributed by atoms with E-state index in [2.05, 4.69) is 138 Å². The molecule has 288 valence electrons.